The lowest BCUT2D eigenvalue weighted by atomic mass is 10.2. The number of carbonyl (C=O) groups excluding carboxylic acids is 1. The summed E-state index contributed by atoms with van der Waals surface area (Å²) in [6, 6.07) is 14.3. The van der Waals surface area contributed by atoms with E-state index < -0.39 is 0 Å². The Labute approximate surface area is 133 Å². The molecule has 0 unspecified atom stereocenters. The Balaban J connectivity index is 1.85. The van der Waals surface area contributed by atoms with Gasteiger partial charge in [-0.15, -0.1) is 0 Å². The molecule has 0 radical (unpaired) electrons. The molecule has 1 amide bonds. The van der Waals surface area contributed by atoms with Crippen molar-refractivity contribution < 1.29 is 14.3 Å². The molecule has 2 rings (SSSR count). The van der Waals surface area contributed by atoms with Crippen molar-refractivity contribution in [1.82, 2.24) is 5.43 Å². The molecule has 0 fully saturated rings. The van der Waals surface area contributed by atoms with Crippen molar-refractivity contribution in [1.29, 1.82) is 0 Å². The quantitative estimate of drug-likeness (QED) is 0.658. The van der Waals surface area contributed by atoms with Gasteiger partial charge in [0, 0.05) is 5.56 Å². The highest BCUT2D eigenvalue weighted by atomic mass is 35.5. The zero-order chi connectivity index (χ0) is 15.8. The van der Waals surface area contributed by atoms with Gasteiger partial charge in [0.25, 0.3) is 5.91 Å². The Kier molecular flexibility index (Phi) is 5.80. The minimum absolute atomic E-state index is 0.174. The molecular formula is C16H15ClN2O3. The summed E-state index contributed by atoms with van der Waals surface area (Å²) in [5, 5.41) is 4.32. The number of amides is 1. The molecule has 0 saturated carbocycles. The van der Waals surface area contributed by atoms with Gasteiger partial charge in [-0.3, -0.25) is 4.79 Å². The molecule has 0 aliphatic heterocycles. The summed E-state index contributed by atoms with van der Waals surface area (Å²) in [5.41, 5.74) is 3.14. The first-order chi connectivity index (χ1) is 10.7. The van der Waals surface area contributed by atoms with Crippen molar-refractivity contribution in [3.05, 3.63) is 59.1 Å². The Morgan fingerprint density at radius 1 is 1.18 bits per heavy atom. The molecule has 2 aromatic carbocycles. The van der Waals surface area contributed by atoms with E-state index >= 15 is 0 Å². The SMILES string of the molecule is COc1ccccc1C=NNC(=O)COc1ccccc1Cl. The van der Waals surface area contributed by atoms with Crippen LogP contribution >= 0.6 is 11.6 Å². The predicted molar refractivity (Wildman–Crippen MR) is 85.7 cm³/mol. The van der Waals surface area contributed by atoms with Crippen LogP contribution in [0.5, 0.6) is 11.5 Å². The number of halogens is 1. The minimum atomic E-state index is -0.383. The fourth-order valence-corrected chi connectivity index (χ4v) is 1.87. The van der Waals surface area contributed by atoms with Gasteiger partial charge in [0.05, 0.1) is 18.3 Å². The molecule has 0 aliphatic rings. The molecule has 0 atom stereocenters. The number of hydrazone groups is 1. The largest absolute Gasteiger partial charge is 0.496 e. The van der Waals surface area contributed by atoms with E-state index in [9.17, 15) is 4.79 Å². The molecule has 0 heterocycles. The second kappa shape index (κ2) is 8.05. The Bertz CT molecular complexity index is 674. The highest BCUT2D eigenvalue weighted by Crippen LogP contribution is 2.22. The summed E-state index contributed by atoms with van der Waals surface area (Å²) in [7, 11) is 1.57. The number of hydrogen-bond donors (Lipinski definition) is 1. The van der Waals surface area contributed by atoms with Crippen molar-refractivity contribution in [2.24, 2.45) is 5.10 Å². The molecule has 1 N–H and O–H groups in total. The van der Waals surface area contributed by atoms with Crippen LogP contribution in [0.3, 0.4) is 0 Å². The van der Waals surface area contributed by atoms with Crippen LogP contribution in [0.15, 0.2) is 53.6 Å². The van der Waals surface area contributed by atoms with E-state index in [-0.39, 0.29) is 12.5 Å². The number of methoxy groups -OCH3 is 1. The van der Waals surface area contributed by atoms with E-state index in [1.165, 1.54) is 6.21 Å². The average molecular weight is 319 g/mol. The number of nitrogens with one attached hydrogen (secondary N) is 1. The van der Waals surface area contributed by atoms with Crippen LogP contribution < -0.4 is 14.9 Å². The lowest BCUT2D eigenvalue weighted by molar-refractivity contribution is -0.123. The maximum absolute atomic E-state index is 11.6. The topological polar surface area (TPSA) is 59.9 Å². The third kappa shape index (κ3) is 4.49. The number of hydrogen-bond acceptors (Lipinski definition) is 4. The number of carbonyl (C=O) groups is 1. The van der Waals surface area contributed by atoms with Crippen molar-refractivity contribution in [2.45, 2.75) is 0 Å². The first-order valence-electron chi connectivity index (χ1n) is 6.53. The Hall–Kier alpha value is -2.53. The zero-order valence-corrected chi connectivity index (χ0v) is 12.7. The summed E-state index contributed by atoms with van der Waals surface area (Å²) in [6.07, 6.45) is 1.51. The van der Waals surface area contributed by atoms with Crippen LogP contribution in [0.25, 0.3) is 0 Å². The molecule has 2 aromatic rings. The van der Waals surface area contributed by atoms with E-state index in [1.807, 2.05) is 24.3 Å². The van der Waals surface area contributed by atoms with Gasteiger partial charge < -0.3 is 9.47 Å². The Morgan fingerprint density at radius 3 is 2.59 bits per heavy atom. The molecule has 0 bridgehead atoms. The van der Waals surface area contributed by atoms with Gasteiger partial charge in [0.15, 0.2) is 6.61 Å². The molecule has 5 nitrogen and oxygen atoms in total. The molecule has 6 heteroatoms. The van der Waals surface area contributed by atoms with Gasteiger partial charge in [-0.25, -0.2) is 5.43 Å². The number of ether oxygens (including phenoxy) is 2. The van der Waals surface area contributed by atoms with Crippen molar-refractivity contribution in [3.8, 4) is 11.5 Å². The standard InChI is InChI=1S/C16H15ClN2O3/c1-21-14-8-4-2-6-12(14)10-18-19-16(20)11-22-15-9-5-3-7-13(15)17/h2-10H,11H2,1H3,(H,19,20). The predicted octanol–water partition coefficient (Wildman–Crippen LogP) is 2.88. The van der Waals surface area contributed by atoms with Crippen LogP contribution in [-0.2, 0) is 4.79 Å². The van der Waals surface area contributed by atoms with Gasteiger partial charge in [-0.05, 0) is 24.3 Å². The van der Waals surface area contributed by atoms with Gasteiger partial charge >= 0.3 is 0 Å². The highest BCUT2D eigenvalue weighted by Gasteiger charge is 2.04. The summed E-state index contributed by atoms with van der Waals surface area (Å²) in [4.78, 5) is 11.6. The van der Waals surface area contributed by atoms with Gasteiger partial charge in [-0.2, -0.15) is 5.10 Å². The maximum atomic E-state index is 11.6. The average Bonchev–Trinajstić information content (AvgIpc) is 2.54. The fraction of sp³-hybridized carbons (Fsp3) is 0.125. The monoisotopic (exact) mass is 318 g/mol. The first-order valence-corrected chi connectivity index (χ1v) is 6.90. The van der Waals surface area contributed by atoms with Crippen LogP contribution in [0.1, 0.15) is 5.56 Å². The normalized spacial score (nSPS) is 10.5. The van der Waals surface area contributed by atoms with Gasteiger partial charge in [0.2, 0.25) is 0 Å². The molecular weight excluding hydrogens is 304 g/mol. The van der Waals surface area contributed by atoms with E-state index in [0.717, 1.165) is 5.56 Å². The molecule has 22 heavy (non-hydrogen) atoms. The number of para-hydroxylation sites is 2. The smallest absolute Gasteiger partial charge is 0.277 e. The molecule has 114 valence electrons. The lowest BCUT2D eigenvalue weighted by Gasteiger charge is -2.06. The number of benzene rings is 2. The van der Waals surface area contributed by atoms with Crippen LogP contribution in [0.4, 0.5) is 0 Å². The zero-order valence-electron chi connectivity index (χ0n) is 12.0. The van der Waals surface area contributed by atoms with Crippen LogP contribution in [-0.4, -0.2) is 25.8 Å². The second-order valence-electron chi connectivity index (χ2n) is 4.25. The van der Waals surface area contributed by atoms with E-state index in [0.29, 0.717) is 16.5 Å². The molecule has 0 saturated heterocycles. The first kappa shape index (κ1) is 15.9. The van der Waals surface area contributed by atoms with Crippen molar-refractivity contribution in [2.75, 3.05) is 13.7 Å². The summed E-state index contributed by atoms with van der Waals surface area (Å²) >= 11 is 5.93. The van der Waals surface area contributed by atoms with Crippen LogP contribution in [0.2, 0.25) is 5.02 Å². The summed E-state index contributed by atoms with van der Waals surface area (Å²) in [5.74, 6) is 0.743. The Morgan fingerprint density at radius 2 is 1.86 bits per heavy atom. The van der Waals surface area contributed by atoms with Gasteiger partial charge in [0.1, 0.15) is 11.5 Å². The summed E-state index contributed by atoms with van der Waals surface area (Å²) < 4.78 is 10.5. The molecule has 0 aromatic heterocycles. The minimum Gasteiger partial charge on any atom is -0.496 e. The number of rotatable bonds is 6. The van der Waals surface area contributed by atoms with Crippen molar-refractivity contribution >= 4 is 23.7 Å². The van der Waals surface area contributed by atoms with Crippen LogP contribution in [0, 0.1) is 0 Å². The second-order valence-corrected chi connectivity index (χ2v) is 4.66. The molecule has 0 aliphatic carbocycles. The van der Waals surface area contributed by atoms with E-state index in [2.05, 4.69) is 10.5 Å². The van der Waals surface area contributed by atoms with Crippen molar-refractivity contribution in [3.63, 3.8) is 0 Å². The molecule has 0 spiro atoms. The van der Waals surface area contributed by atoms with Gasteiger partial charge in [-0.1, -0.05) is 35.9 Å². The summed E-state index contributed by atoms with van der Waals surface area (Å²) in [6.45, 7) is -0.174. The lowest BCUT2D eigenvalue weighted by Crippen LogP contribution is -2.24. The maximum Gasteiger partial charge on any atom is 0.277 e. The third-order valence-electron chi connectivity index (χ3n) is 2.73. The van der Waals surface area contributed by atoms with E-state index in [1.54, 1.807) is 31.4 Å². The fourth-order valence-electron chi connectivity index (χ4n) is 1.68. The van der Waals surface area contributed by atoms with E-state index in [4.69, 9.17) is 21.1 Å². The highest BCUT2D eigenvalue weighted by molar-refractivity contribution is 6.32. The number of nitrogens with zero attached hydrogens (tertiary/aromatic N) is 1. The third-order valence-corrected chi connectivity index (χ3v) is 3.04.